The van der Waals surface area contributed by atoms with Crippen LogP contribution in [0.25, 0.3) is 0 Å². The fourth-order valence-electron chi connectivity index (χ4n) is 1.66. The fraction of sp³-hybridized carbons (Fsp3) is 0.571. The number of hydrogen-bond donors (Lipinski definition) is 1. The summed E-state index contributed by atoms with van der Waals surface area (Å²) in [7, 11) is 1.56. The van der Waals surface area contributed by atoms with E-state index in [9.17, 15) is 13.2 Å². The van der Waals surface area contributed by atoms with Crippen LogP contribution in [0.5, 0.6) is 11.5 Å². The molecule has 0 saturated carbocycles. The first kappa shape index (κ1) is 17.6. The molecule has 1 N–H and O–H groups in total. The van der Waals surface area contributed by atoms with Crippen molar-refractivity contribution in [2.24, 2.45) is 0 Å². The van der Waals surface area contributed by atoms with Crippen molar-refractivity contribution >= 4 is 0 Å². The third-order valence-corrected chi connectivity index (χ3v) is 2.55. The Hall–Kier alpha value is -1.47. The first-order valence-electron chi connectivity index (χ1n) is 6.61. The third-order valence-electron chi connectivity index (χ3n) is 2.55. The fourth-order valence-corrected chi connectivity index (χ4v) is 1.66. The van der Waals surface area contributed by atoms with E-state index in [1.165, 1.54) is 0 Å². The first-order valence-corrected chi connectivity index (χ1v) is 6.61. The van der Waals surface area contributed by atoms with Gasteiger partial charge in [0.2, 0.25) is 0 Å². The van der Waals surface area contributed by atoms with Crippen LogP contribution < -0.4 is 14.8 Å². The molecule has 0 aliphatic heterocycles. The lowest BCUT2D eigenvalue weighted by atomic mass is 10.2. The molecule has 0 atom stereocenters. The highest BCUT2D eigenvalue weighted by molar-refractivity contribution is 5.42. The zero-order valence-corrected chi connectivity index (χ0v) is 12.1. The van der Waals surface area contributed by atoms with E-state index < -0.39 is 12.8 Å². The minimum atomic E-state index is -4.28. The van der Waals surface area contributed by atoms with E-state index in [4.69, 9.17) is 9.47 Å². The molecule has 4 nitrogen and oxygen atoms in total. The smallest absolute Gasteiger partial charge is 0.411 e. The van der Waals surface area contributed by atoms with Crippen LogP contribution >= 0.6 is 0 Å². The van der Waals surface area contributed by atoms with Crippen LogP contribution in [0.1, 0.15) is 12.5 Å². The molecule has 0 radical (unpaired) electrons. The highest BCUT2D eigenvalue weighted by Gasteiger charge is 2.27. The maximum absolute atomic E-state index is 11.8. The van der Waals surface area contributed by atoms with Gasteiger partial charge in [-0.2, -0.15) is 13.2 Å². The van der Waals surface area contributed by atoms with E-state index in [1.54, 1.807) is 13.2 Å². The molecule has 0 saturated heterocycles. The van der Waals surface area contributed by atoms with Crippen molar-refractivity contribution in [3.05, 3.63) is 23.8 Å². The maximum Gasteiger partial charge on any atom is 0.411 e. The minimum Gasteiger partial charge on any atom is -0.493 e. The highest BCUT2D eigenvalue weighted by Crippen LogP contribution is 2.27. The van der Waals surface area contributed by atoms with Crippen LogP contribution in [0.4, 0.5) is 13.2 Å². The summed E-state index contributed by atoms with van der Waals surface area (Å²) < 4.78 is 50.7. The Morgan fingerprint density at radius 2 is 1.95 bits per heavy atom. The molecule has 0 bridgehead atoms. The van der Waals surface area contributed by atoms with E-state index >= 15 is 0 Å². The summed E-state index contributed by atoms with van der Waals surface area (Å²) in [6.45, 7) is 2.05. The largest absolute Gasteiger partial charge is 0.493 e. The number of nitrogens with one attached hydrogen (secondary N) is 1. The number of halogens is 3. The van der Waals surface area contributed by atoms with Crippen molar-refractivity contribution in [3.8, 4) is 11.5 Å². The lowest BCUT2D eigenvalue weighted by Gasteiger charge is -2.12. The lowest BCUT2D eigenvalue weighted by molar-refractivity contribution is -0.173. The van der Waals surface area contributed by atoms with Gasteiger partial charge in [0.05, 0.1) is 20.3 Å². The molecular weight excluding hydrogens is 287 g/mol. The second-order valence-electron chi connectivity index (χ2n) is 4.26. The van der Waals surface area contributed by atoms with Gasteiger partial charge in [-0.15, -0.1) is 0 Å². The van der Waals surface area contributed by atoms with Crippen molar-refractivity contribution in [2.45, 2.75) is 19.6 Å². The molecule has 21 heavy (non-hydrogen) atoms. The van der Waals surface area contributed by atoms with Gasteiger partial charge in [-0.25, -0.2) is 0 Å². The Labute approximate surface area is 122 Å². The van der Waals surface area contributed by atoms with Crippen LogP contribution in [0, 0.1) is 0 Å². The SMILES string of the molecule is CCOc1cc(CNCCOCC(F)(F)F)ccc1OC. The van der Waals surface area contributed by atoms with Crippen molar-refractivity contribution in [1.29, 1.82) is 0 Å². The molecular formula is C14H20F3NO3. The van der Waals surface area contributed by atoms with Crippen LogP contribution in [0.3, 0.4) is 0 Å². The van der Waals surface area contributed by atoms with Gasteiger partial charge in [-0.05, 0) is 24.6 Å². The van der Waals surface area contributed by atoms with E-state index in [0.29, 0.717) is 31.2 Å². The molecule has 0 amide bonds. The standard InChI is InChI=1S/C14H20F3NO3/c1-3-21-13-8-11(4-5-12(13)19-2)9-18-6-7-20-10-14(15,16)17/h4-5,8,18H,3,6-7,9-10H2,1-2H3. The average molecular weight is 307 g/mol. The van der Waals surface area contributed by atoms with Gasteiger partial charge in [0.25, 0.3) is 0 Å². The topological polar surface area (TPSA) is 39.7 Å². The monoisotopic (exact) mass is 307 g/mol. The molecule has 1 aromatic carbocycles. The van der Waals surface area contributed by atoms with Crippen molar-refractivity contribution in [2.75, 3.05) is 33.5 Å². The number of methoxy groups -OCH3 is 1. The number of ether oxygens (including phenoxy) is 3. The quantitative estimate of drug-likeness (QED) is 0.712. The van der Waals surface area contributed by atoms with Gasteiger partial charge in [-0.1, -0.05) is 6.07 Å². The normalized spacial score (nSPS) is 11.5. The summed E-state index contributed by atoms with van der Waals surface area (Å²) in [6.07, 6.45) is -4.28. The Kier molecular flexibility index (Phi) is 7.31. The lowest BCUT2D eigenvalue weighted by Crippen LogP contribution is -2.23. The van der Waals surface area contributed by atoms with Crippen LogP contribution in [-0.2, 0) is 11.3 Å². The van der Waals surface area contributed by atoms with Crippen molar-refractivity contribution in [1.82, 2.24) is 5.32 Å². The van der Waals surface area contributed by atoms with E-state index in [0.717, 1.165) is 5.56 Å². The summed E-state index contributed by atoms with van der Waals surface area (Å²) >= 11 is 0. The Balaban J connectivity index is 2.33. The maximum atomic E-state index is 11.8. The predicted octanol–water partition coefficient (Wildman–Crippen LogP) is 2.76. The summed E-state index contributed by atoms with van der Waals surface area (Å²) in [5.41, 5.74) is 0.954. The molecule has 0 unspecified atom stereocenters. The van der Waals surface area contributed by atoms with Gasteiger partial charge < -0.3 is 19.5 Å². The third kappa shape index (κ3) is 7.19. The zero-order chi connectivity index (χ0) is 15.7. The molecule has 1 aromatic rings. The molecule has 0 aliphatic carbocycles. The first-order chi connectivity index (χ1) is 9.96. The minimum absolute atomic E-state index is 0.00792. The number of alkyl halides is 3. The van der Waals surface area contributed by atoms with Crippen LogP contribution in [-0.4, -0.2) is 39.7 Å². The van der Waals surface area contributed by atoms with E-state index in [2.05, 4.69) is 10.1 Å². The summed E-state index contributed by atoms with van der Waals surface area (Å²) in [4.78, 5) is 0. The molecule has 0 spiro atoms. The van der Waals surface area contributed by atoms with E-state index in [1.807, 2.05) is 19.1 Å². The predicted molar refractivity (Wildman–Crippen MR) is 72.7 cm³/mol. The summed E-state index contributed by atoms with van der Waals surface area (Å²) in [6, 6.07) is 5.50. The molecule has 0 heterocycles. The second kappa shape index (κ2) is 8.74. The number of rotatable bonds is 9. The number of hydrogen-bond acceptors (Lipinski definition) is 4. The molecule has 120 valence electrons. The van der Waals surface area contributed by atoms with Gasteiger partial charge in [0.15, 0.2) is 11.5 Å². The van der Waals surface area contributed by atoms with Gasteiger partial charge in [0, 0.05) is 13.1 Å². The van der Waals surface area contributed by atoms with E-state index in [-0.39, 0.29) is 6.61 Å². The van der Waals surface area contributed by atoms with Gasteiger partial charge >= 0.3 is 6.18 Å². The van der Waals surface area contributed by atoms with Crippen LogP contribution in [0.15, 0.2) is 18.2 Å². The summed E-state index contributed by atoms with van der Waals surface area (Å²) in [5, 5.41) is 3.01. The second-order valence-corrected chi connectivity index (χ2v) is 4.26. The van der Waals surface area contributed by atoms with Crippen molar-refractivity contribution < 1.29 is 27.4 Å². The Morgan fingerprint density at radius 3 is 2.57 bits per heavy atom. The molecule has 0 aliphatic rings. The molecule has 0 fully saturated rings. The zero-order valence-electron chi connectivity index (χ0n) is 12.1. The van der Waals surface area contributed by atoms with Gasteiger partial charge in [0.1, 0.15) is 6.61 Å². The highest BCUT2D eigenvalue weighted by atomic mass is 19.4. The molecule has 0 aromatic heterocycles. The Bertz CT molecular complexity index is 424. The summed E-state index contributed by atoms with van der Waals surface area (Å²) in [5.74, 6) is 1.29. The molecule has 1 rings (SSSR count). The average Bonchev–Trinajstić information content (AvgIpc) is 2.42. The molecule has 7 heteroatoms. The number of benzene rings is 1. The van der Waals surface area contributed by atoms with Crippen LogP contribution in [0.2, 0.25) is 0 Å². The van der Waals surface area contributed by atoms with Crippen molar-refractivity contribution in [3.63, 3.8) is 0 Å². The Morgan fingerprint density at radius 1 is 1.19 bits per heavy atom. The van der Waals surface area contributed by atoms with Gasteiger partial charge in [-0.3, -0.25) is 0 Å².